The molecule has 0 bridgehead atoms. The summed E-state index contributed by atoms with van der Waals surface area (Å²) in [5.41, 5.74) is 26.7. The summed E-state index contributed by atoms with van der Waals surface area (Å²) < 4.78 is 24.4. The van der Waals surface area contributed by atoms with Gasteiger partial charge in [-0.15, -0.1) is 0 Å². The lowest BCUT2D eigenvalue weighted by atomic mass is 10.1. The predicted molar refractivity (Wildman–Crippen MR) is 96.6 cm³/mol. The number of hydrogen-bond acceptors (Lipinski definition) is 6. The normalized spacial score (nSPS) is 11.5. The molecule has 0 spiro atoms. The lowest BCUT2D eigenvalue weighted by Crippen LogP contribution is -2.16. The van der Waals surface area contributed by atoms with E-state index >= 15 is 0 Å². The van der Waals surface area contributed by atoms with Crippen LogP contribution < -0.4 is 22.9 Å². The first-order valence-corrected chi connectivity index (χ1v) is 9.07. The average Bonchev–Trinajstić information content (AvgIpc) is 2.45. The number of sulfone groups is 1. The van der Waals surface area contributed by atoms with E-state index in [2.05, 4.69) is 0 Å². The van der Waals surface area contributed by atoms with Crippen LogP contribution in [0, 0.1) is 0 Å². The topological polar surface area (TPSA) is 138 Å². The smallest absolute Gasteiger partial charge is 0.150 e. The quantitative estimate of drug-likeness (QED) is 0.586. The largest absolute Gasteiger partial charge is 0.399 e. The second-order valence-corrected chi connectivity index (χ2v) is 7.87. The standard InChI is InChI=1S/C16H22N4O2S/c17-13-3-1-11(15(19)9-13)5-7-23(21,22)8-6-12-2-4-14(18)10-16(12)20/h1-4,9-10H,5-8,17-20H2. The van der Waals surface area contributed by atoms with Gasteiger partial charge in [-0.3, -0.25) is 0 Å². The van der Waals surface area contributed by atoms with Gasteiger partial charge < -0.3 is 22.9 Å². The summed E-state index contributed by atoms with van der Waals surface area (Å²) in [4.78, 5) is 0. The maximum Gasteiger partial charge on any atom is 0.150 e. The van der Waals surface area contributed by atoms with Crippen LogP contribution in [0.25, 0.3) is 0 Å². The van der Waals surface area contributed by atoms with E-state index in [1.807, 2.05) is 0 Å². The van der Waals surface area contributed by atoms with Crippen molar-refractivity contribution >= 4 is 32.6 Å². The molecule has 0 unspecified atom stereocenters. The molecule has 0 aliphatic carbocycles. The van der Waals surface area contributed by atoms with E-state index in [0.29, 0.717) is 35.6 Å². The first-order chi connectivity index (χ1) is 10.8. The summed E-state index contributed by atoms with van der Waals surface area (Å²) in [5, 5.41) is 0. The van der Waals surface area contributed by atoms with Gasteiger partial charge in [0.25, 0.3) is 0 Å². The van der Waals surface area contributed by atoms with E-state index < -0.39 is 9.84 Å². The van der Waals surface area contributed by atoms with Crippen molar-refractivity contribution in [1.29, 1.82) is 0 Å². The molecular formula is C16H22N4O2S. The van der Waals surface area contributed by atoms with Crippen LogP contribution in [0.5, 0.6) is 0 Å². The maximum absolute atomic E-state index is 12.2. The van der Waals surface area contributed by atoms with Gasteiger partial charge in [0.05, 0.1) is 11.5 Å². The minimum Gasteiger partial charge on any atom is -0.399 e. The first kappa shape index (κ1) is 17.0. The zero-order valence-corrected chi connectivity index (χ0v) is 13.6. The highest BCUT2D eigenvalue weighted by molar-refractivity contribution is 7.91. The summed E-state index contributed by atoms with van der Waals surface area (Å²) in [7, 11) is -3.21. The highest BCUT2D eigenvalue weighted by Crippen LogP contribution is 2.19. The summed E-state index contributed by atoms with van der Waals surface area (Å²) in [5.74, 6) is 0.0754. The Balaban J connectivity index is 1.96. The zero-order valence-electron chi connectivity index (χ0n) is 12.8. The second-order valence-electron chi connectivity index (χ2n) is 5.57. The molecule has 0 heterocycles. The molecule has 2 rings (SSSR count). The third kappa shape index (κ3) is 4.79. The van der Waals surface area contributed by atoms with Gasteiger partial charge in [-0.2, -0.15) is 0 Å². The number of benzene rings is 2. The summed E-state index contributed by atoms with van der Waals surface area (Å²) >= 11 is 0. The molecular weight excluding hydrogens is 312 g/mol. The van der Waals surface area contributed by atoms with Crippen LogP contribution in [0.1, 0.15) is 11.1 Å². The van der Waals surface area contributed by atoms with Crippen LogP contribution >= 0.6 is 0 Å². The van der Waals surface area contributed by atoms with Crippen LogP contribution in [0.15, 0.2) is 36.4 Å². The van der Waals surface area contributed by atoms with Gasteiger partial charge in [0.1, 0.15) is 0 Å². The number of rotatable bonds is 6. The van der Waals surface area contributed by atoms with Crippen molar-refractivity contribution in [3.8, 4) is 0 Å². The van der Waals surface area contributed by atoms with Crippen molar-refractivity contribution in [2.75, 3.05) is 34.4 Å². The molecule has 0 amide bonds. The molecule has 2 aromatic carbocycles. The second kappa shape index (κ2) is 6.78. The molecule has 0 aromatic heterocycles. The third-order valence-corrected chi connectivity index (χ3v) is 5.36. The number of nitrogens with two attached hydrogens (primary N) is 4. The number of nitrogen functional groups attached to an aromatic ring is 4. The van der Waals surface area contributed by atoms with E-state index in [9.17, 15) is 8.42 Å². The predicted octanol–water partition coefficient (Wildman–Crippen LogP) is 1.22. The molecule has 0 atom stereocenters. The minimum atomic E-state index is -3.21. The number of aryl methyl sites for hydroxylation is 2. The Kier molecular flexibility index (Phi) is 5.00. The monoisotopic (exact) mass is 334 g/mol. The Morgan fingerprint density at radius 2 is 1.09 bits per heavy atom. The highest BCUT2D eigenvalue weighted by atomic mass is 32.2. The van der Waals surface area contributed by atoms with Gasteiger partial charge in [0.2, 0.25) is 0 Å². The van der Waals surface area contributed by atoms with Crippen molar-refractivity contribution in [2.24, 2.45) is 0 Å². The first-order valence-electron chi connectivity index (χ1n) is 7.25. The molecule has 0 fully saturated rings. The molecule has 23 heavy (non-hydrogen) atoms. The van der Waals surface area contributed by atoms with Gasteiger partial charge >= 0.3 is 0 Å². The molecule has 0 saturated heterocycles. The Morgan fingerprint density at radius 3 is 1.43 bits per heavy atom. The molecule has 0 radical (unpaired) electrons. The van der Waals surface area contributed by atoms with E-state index in [0.717, 1.165) is 11.1 Å². The van der Waals surface area contributed by atoms with E-state index in [-0.39, 0.29) is 11.5 Å². The minimum absolute atomic E-state index is 0.0377. The molecule has 0 aliphatic heterocycles. The summed E-state index contributed by atoms with van der Waals surface area (Å²) in [6.07, 6.45) is 0.733. The van der Waals surface area contributed by atoms with Crippen molar-refractivity contribution in [3.63, 3.8) is 0 Å². The van der Waals surface area contributed by atoms with Gasteiger partial charge in [-0.1, -0.05) is 12.1 Å². The zero-order chi connectivity index (χ0) is 17.0. The summed E-state index contributed by atoms with van der Waals surface area (Å²) in [6, 6.07) is 10.2. The van der Waals surface area contributed by atoms with Gasteiger partial charge in [0, 0.05) is 22.7 Å². The lowest BCUT2D eigenvalue weighted by Gasteiger charge is -2.09. The fourth-order valence-electron chi connectivity index (χ4n) is 2.32. The lowest BCUT2D eigenvalue weighted by molar-refractivity contribution is 0.594. The van der Waals surface area contributed by atoms with E-state index in [1.165, 1.54) is 0 Å². The summed E-state index contributed by atoms with van der Waals surface area (Å²) in [6.45, 7) is 0. The highest BCUT2D eigenvalue weighted by Gasteiger charge is 2.13. The number of anilines is 4. The van der Waals surface area contributed by atoms with Crippen LogP contribution in [-0.2, 0) is 22.7 Å². The third-order valence-electron chi connectivity index (χ3n) is 3.70. The Hall–Kier alpha value is -2.41. The molecule has 124 valence electrons. The van der Waals surface area contributed by atoms with Crippen LogP contribution in [0.3, 0.4) is 0 Å². The van der Waals surface area contributed by atoms with Gasteiger partial charge in [-0.25, -0.2) is 8.42 Å². The molecule has 6 nitrogen and oxygen atoms in total. The van der Waals surface area contributed by atoms with Crippen molar-refractivity contribution < 1.29 is 8.42 Å². The SMILES string of the molecule is Nc1ccc(CCS(=O)(=O)CCc2ccc(N)cc2N)c(N)c1. The fraction of sp³-hybridized carbons (Fsp3) is 0.250. The maximum atomic E-state index is 12.2. The van der Waals surface area contributed by atoms with Crippen LogP contribution in [0.2, 0.25) is 0 Å². The molecule has 0 aliphatic rings. The van der Waals surface area contributed by atoms with E-state index in [4.69, 9.17) is 22.9 Å². The van der Waals surface area contributed by atoms with E-state index in [1.54, 1.807) is 36.4 Å². The van der Waals surface area contributed by atoms with Crippen molar-refractivity contribution in [2.45, 2.75) is 12.8 Å². The molecule has 2 aromatic rings. The van der Waals surface area contributed by atoms with Crippen molar-refractivity contribution in [1.82, 2.24) is 0 Å². The Bertz CT molecular complexity index is 742. The fourth-order valence-corrected chi connectivity index (χ4v) is 3.58. The Labute approximate surface area is 136 Å². The van der Waals surface area contributed by atoms with Crippen LogP contribution in [-0.4, -0.2) is 19.9 Å². The average molecular weight is 334 g/mol. The van der Waals surface area contributed by atoms with Crippen LogP contribution in [0.4, 0.5) is 22.7 Å². The molecule has 0 saturated carbocycles. The number of hydrogen-bond donors (Lipinski definition) is 4. The van der Waals surface area contributed by atoms with Gasteiger partial charge in [-0.05, 0) is 48.2 Å². The molecule has 7 heteroatoms. The Morgan fingerprint density at radius 1 is 0.696 bits per heavy atom. The van der Waals surface area contributed by atoms with Crippen molar-refractivity contribution in [3.05, 3.63) is 47.5 Å². The molecule has 8 N–H and O–H groups in total. The van der Waals surface area contributed by atoms with Gasteiger partial charge in [0.15, 0.2) is 9.84 Å².